The molecule has 3 aromatic rings. The second-order valence-corrected chi connectivity index (χ2v) is 10.1. The van der Waals surface area contributed by atoms with Gasteiger partial charge in [-0.15, -0.1) is 0 Å². The molecule has 0 amide bonds. The molecule has 1 saturated heterocycles. The van der Waals surface area contributed by atoms with Crippen molar-refractivity contribution < 1.29 is 23.1 Å². The Morgan fingerprint density at radius 3 is 2.42 bits per heavy atom. The van der Waals surface area contributed by atoms with Crippen LogP contribution >= 0.6 is 0 Å². The van der Waals surface area contributed by atoms with Gasteiger partial charge in [0.15, 0.2) is 0 Å². The number of carboxylic acid groups (broad SMARTS) is 1. The molecule has 0 aromatic heterocycles. The zero-order chi connectivity index (χ0) is 23.9. The lowest BCUT2D eigenvalue weighted by Crippen LogP contribution is -2.23. The molecule has 1 fully saturated rings. The number of fused-ring (bicyclic) bond motifs is 1. The summed E-state index contributed by atoms with van der Waals surface area (Å²) in [5, 5.41) is 11.0. The number of hydrogen-bond acceptors (Lipinski definition) is 5. The van der Waals surface area contributed by atoms with E-state index < -0.39 is 21.9 Å². The highest BCUT2D eigenvalue weighted by Gasteiger charge is 2.29. The van der Waals surface area contributed by atoms with Gasteiger partial charge in [-0.05, 0) is 56.5 Å². The normalized spacial score (nSPS) is 16.2. The zero-order valence-electron chi connectivity index (χ0n) is 19.2. The van der Waals surface area contributed by atoms with Crippen LogP contribution in [0.15, 0.2) is 47.4 Å². The number of aliphatic carboxylic acids is 1. The zero-order valence-corrected chi connectivity index (χ0v) is 20.0. The van der Waals surface area contributed by atoms with E-state index in [1.165, 1.54) is 7.11 Å². The molecule has 174 valence electrons. The molecule has 8 heteroatoms. The number of methoxy groups -OCH3 is 1. The van der Waals surface area contributed by atoms with E-state index in [9.17, 15) is 18.3 Å². The summed E-state index contributed by atoms with van der Waals surface area (Å²) >= 11 is 0. The highest BCUT2D eigenvalue weighted by atomic mass is 32.2. The number of sulfonamides is 1. The molecule has 33 heavy (non-hydrogen) atoms. The van der Waals surface area contributed by atoms with Crippen molar-refractivity contribution in [3.8, 4) is 5.75 Å². The monoisotopic (exact) mass is 468 g/mol. The number of anilines is 2. The molecule has 0 bridgehead atoms. The molecule has 3 aromatic carbocycles. The first-order valence-corrected chi connectivity index (χ1v) is 12.3. The minimum Gasteiger partial charge on any atom is -0.496 e. The van der Waals surface area contributed by atoms with Crippen LogP contribution in [0.1, 0.15) is 23.1 Å². The summed E-state index contributed by atoms with van der Waals surface area (Å²) in [6, 6.07) is 13.0. The van der Waals surface area contributed by atoms with Gasteiger partial charge in [-0.1, -0.05) is 24.3 Å². The van der Waals surface area contributed by atoms with Gasteiger partial charge < -0.3 is 14.7 Å². The summed E-state index contributed by atoms with van der Waals surface area (Å²) in [4.78, 5) is 13.7. The van der Waals surface area contributed by atoms with Gasteiger partial charge in [0.1, 0.15) is 5.75 Å². The molecule has 0 saturated carbocycles. The molecule has 0 radical (unpaired) electrons. The molecule has 1 aliphatic rings. The van der Waals surface area contributed by atoms with E-state index in [0.717, 1.165) is 22.0 Å². The van der Waals surface area contributed by atoms with E-state index in [2.05, 4.69) is 9.62 Å². The van der Waals surface area contributed by atoms with Crippen LogP contribution in [-0.2, 0) is 14.8 Å². The first-order valence-electron chi connectivity index (χ1n) is 10.8. The Bertz CT molecular complexity index is 1350. The SMILES string of the molecule is COc1cc(C)c(C)c(S(=O)(=O)Nc2ccc(N3CCC(C(=O)O)C3)c3ccccc23)c1C. The third kappa shape index (κ3) is 4.11. The summed E-state index contributed by atoms with van der Waals surface area (Å²) < 4.78 is 35.2. The van der Waals surface area contributed by atoms with Gasteiger partial charge in [0.2, 0.25) is 0 Å². The predicted molar refractivity (Wildman–Crippen MR) is 130 cm³/mol. The third-order valence-electron chi connectivity index (χ3n) is 6.50. The average Bonchev–Trinajstić information content (AvgIpc) is 3.26. The fourth-order valence-corrected chi connectivity index (χ4v) is 6.26. The van der Waals surface area contributed by atoms with Gasteiger partial charge in [0.05, 0.1) is 23.6 Å². The Balaban J connectivity index is 1.77. The average molecular weight is 469 g/mol. The van der Waals surface area contributed by atoms with Crippen LogP contribution in [0.25, 0.3) is 10.8 Å². The molecule has 1 atom stereocenters. The quantitative estimate of drug-likeness (QED) is 0.554. The smallest absolute Gasteiger partial charge is 0.308 e. The topological polar surface area (TPSA) is 95.9 Å². The molecule has 1 aliphatic heterocycles. The largest absolute Gasteiger partial charge is 0.496 e. The van der Waals surface area contributed by atoms with Crippen LogP contribution in [0, 0.1) is 26.7 Å². The second kappa shape index (κ2) is 8.59. The minimum atomic E-state index is -3.89. The Kier molecular flexibility index (Phi) is 5.97. The molecular weight excluding hydrogens is 440 g/mol. The fourth-order valence-electron chi connectivity index (χ4n) is 4.62. The Morgan fingerprint density at radius 1 is 1.09 bits per heavy atom. The highest BCUT2D eigenvalue weighted by molar-refractivity contribution is 7.92. The lowest BCUT2D eigenvalue weighted by molar-refractivity contribution is -0.140. The molecule has 2 N–H and O–H groups in total. The van der Waals surface area contributed by atoms with E-state index >= 15 is 0 Å². The summed E-state index contributed by atoms with van der Waals surface area (Å²) in [5.41, 5.74) is 3.45. The van der Waals surface area contributed by atoms with Gasteiger partial charge in [0, 0.05) is 35.1 Å². The molecule has 1 unspecified atom stereocenters. The van der Waals surface area contributed by atoms with Gasteiger partial charge >= 0.3 is 5.97 Å². The maximum atomic E-state index is 13.5. The van der Waals surface area contributed by atoms with Crippen molar-refractivity contribution >= 4 is 38.1 Å². The van der Waals surface area contributed by atoms with Crippen LogP contribution in [0.3, 0.4) is 0 Å². The molecule has 7 nitrogen and oxygen atoms in total. The molecule has 1 heterocycles. The number of nitrogens with one attached hydrogen (secondary N) is 1. The van der Waals surface area contributed by atoms with Crippen LogP contribution < -0.4 is 14.4 Å². The van der Waals surface area contributed by atoms with Gasteiger partial charge in [-0.25, -0.2) is 8.42 Å². The van der Waals surface area contributed by atoms with Crippen LogP contribution in [-0.4, -0.2) is 39.7 Å². The Labute approximate surface area is 194 Å². The van der Waals surface area contributed by atoms with Crippen molar-refractivity contribution in [3.05, 3.63) is 59.2 Å². The Morgan fingerprint density at radius 2 is 1.79 bits per heavy atom. The predicted octanol–water partition coefficient (Wildman–Crippen LogP) is 4.49. The van der Waals surface area contributed by atoms with E-state index in [1.54, 1.807) is 19.9 Å². The highest BCUT2D eigenvalue weighted by Crippen LogP contribution is 2.37. The van der Waals surface area contributed by atoms with E-state index in [-0.39, 0.29) is 4.90 Å². The number of benzene rings is 3. The number of nitrogens with zero attached hydrogens (tertiary/aromatic N) is 1. The molecule has 4 rings (SSSR count). The summed E-state index contributed by atoms with van der Waals surface area (Å²) in [7, 11) is -2.37. The molecule has 0 spiro atoms. The van der Waals surface area contributed by atoms with Crippen LogP contribution in [0.4, 0.5) is 11.4 Å². The van der Waals surface area contributed by atoms with Crippen molar-refractivity contribution in [1.82, 2.24) is 0 Å². The number of carboxylic acids is 1. The summed E-state index contributed by atoms with van der Waals surface area (Å²) in [6.07, 6.45) is 0.589. The number of rotatable bonds is 6. The van der Waals surface area contributed by atoms with E-state index in [4.69, 9.17) is 4.74 Å². The lowest BCUT2D eigenvalue weighted by Gasteiger charge is -2.22. The van der Waals surface area contributed by atoms with Gasteiger partial charge in [-0.3, -0.25) is 9.52 Å². The lowest BCUT2D eigenvalue weighted by atomic mass is 10.1. The molecular formula is C25H28N2O5S. The maximum Gasteiger partial charge on any atom is 0.308 e. The standard InChI is InChI=1S/C25H28N2O5S/c1-15-13-23(32-4)17(3)24(16(15)2)33(30,31)26-21-9-10-22(20-8-6-5-7-19(20)21)27-12-11-18(14-27)25(28)29/h5-10,13,18,26H,11-12,14H2,1-4H3,(H,28,29). The Hall–Kier alpha value is -3.26. The van der Waals surface area contributed by atoms with Crippen molar-refractivity contribution in [2.45, 2.75) is 32.1 Å². The fraction of sp³-hybridized carbons (Fsp3) is 0.320. The van der Waals surface area contributed by atoms with E-state index in [0.29, 0.717) is 42.1 Å². The summed E-state index contributed by atoms with van der Waals surface area (Å²) in [5.74, 6) is -0.657. The first-order chi connectivity index (χ1) is 15.6. The van der Waals surface area contributed by atoms with Crippen LogP contribution in [0.2, 0.25) is 0 Å². The summed E-state index contributed by atoms with van der Waals surface area (Å²) in [6.45, 7) is 6.48. The third-order valence-corrected chi connectivity index (χ3v) is 8.14. The molecule has 0 aliphatic carbocycles. The van der Waals surface area contributed by atoms with E-state index in [1.807, 2.05) is 43.3 Å². The number of ether oxygens (including phenoxy) is 1. The number of aryl methyl sites for hydroxylation is 1. The second-order valence-electron chi connectivity index (χ2n) is 8.53. The van der Waals surface area contributed by atoms with Crippen molar-refractivity contribution in [2.24, 2.45) is 5.92 Å². The van der Waals surface area contributed by atoms with Crippen LogP contribution in [0.5, 0.6) is 5.75 Å². The number of hydrogen-bond donors (Lipinski definition) is 2. The van der Waals surface area contributed by atoms with Crippen molar-refractivity contribution in [1.29, 1.82) is 0 Å². The number of carbonyl (C=O) groups is 1. The van der Waals surface area contributed by atoms with Gasteiger partial charge in [0.25, 0.3) is 10.0 Å². The first kappa shape index (κ1) is 22.9. The van der Waals surface area contributed by atoms with Gasteiger partial charge in [-0.2, -0.15) is 0 Å². The minimum absolute atomic E-state index is 0.219. The van der Waals surface area contributed by atoms with Crippen molar-refractivity contribution in [2.75, 3.05) is 29.8 Å². The van der Waals surface area contributed by atoms with Crippen molar-refractivity contribution in [3.63, 3.8) is 0 Å². The maximum absolute atomic E-state index is 13.5.